The topological polar surface area (TPSA) is 72.4 Å². The Bertz CT molecular complexity index is 1170. The third-order valence-corrected chi connectivity index (χ3v) is 4.78. The number of carbonyl (C=O) groups is 1. The number of hydrazone groups is 1. The molecule has 30 heavy (non-hydrogen) atoms. The first-order valence-corrected chi connectivity index (χ1v) is 9.66. The van der Waals surface area contributed by atoms with Crippen LogP contribution in [0.25, 0.3) is 11.3 Å². The van der Waals surface area contributed by atoms with Gasteiger partial charge in [-0.05, 0) is 25.5 Å². The van der Waals surface area contributed by atoms with Crippen molar-refractivity contribution in [3.8, 4) is 11.3 Å². The maximum absolute atomic E-state index is 12.2. The van der Waals surface area contributed by atoms with Crippen molar-refractivity contribution in [2.24, 2.45) is 5.10 Å². The van der Waals surface area contributed by atoms with E-state index in [-0.39, 0.29) is 5.91 Å². The molecule has 4 rings (SSSR count). The molecule has 0 saturated heterocycles. The molecule has 2 aromatic heterocycles. The number of nitrogens with one attached hydrogen (secondary N) is 1. The van der Waals surface area contributed by atoms with E-state index in [1.165, 1.54) is 11.8 Å². The quantitative estimate of drug-likeness (QED) is 0.382. The van der Waals surface area contributed by atoms with Gasteiger partial charge in [-0.1, -0.05) is 60.2 Å². The smallest absolute Gasteiger partial charge is 0.274 e. The first-order valence-electron chi connectivity index (χ1n) is 9.66. The summed E-state index contributed by atoms with van der Waals surface area (Å²) in [5, 5.41) is 8.91. The van der Waals surface area contributed by atoms with Crippen LogP contribution in [0.15, 0.2) is 82.6 Å². The summed E-state index contributed by atoms with van der Waals surface area (Å²) in [6, 6.07) is 19.9. The zero-order valence-electron chi connectivity index (χ0n) is 16.9. The highest BCUT2D eigenvalue weighted by molar-refractivity contribution is 5.96. The van der Waals surface area contributed by atoms with E-state index in [9.17, 15) is 4.79 Å². The Balaban J connectivity index is 1.60. The fraction of sp³-hybridized carbons (Fsp3) is 0.125. The van der Waals surface area contributed by atoms with Crippen LogP contribution in [0.3, 0.4) is 0 Å². The number of nitrogens with zero attached hydrogens (tertiary/aromatic N) is 3. The van der Waals surface area contributed by atoms with Crippen LogP contribution < -0.4 is 5.43 Å². The van der Waals surface area contributed by atoms with E-state index in [0.717, 1.165) is 22.4 Å². The van der Waals surface area contributed by atoms with Gasteiger partial charge in [-0.2, -0.15) is 10.2 Å². The van der Waals surface area contributed by atoms with Crippen LogP contribution >= 0.6 is 0 Å². The molecule has 1 N–H and O–H groups in total. The minimum absolute atomic E-state index is 0.314. The summed E-state index contributed by atoms with van der Waals surface area (Å²) < 4.78 is 7.05. The van der Waals surface area contributed by atoms with Crippen molar-refractivity contribution in [2.75, 3.05) is 0 Å². The predicted octanol–water partition coefficient (Wildman–Crippen LogP) is 4.57. The van der Waals surface area contributed by atoms with E-state index in [4.69, 9.17) is 9.52 Å². The third kappa shape index (κ3) is 4.38. The average Bonchev–Trinajstić information content (AvgIpc) is 3.35. The largest absolute Gasteiger partial charge is 0.469 e. The van der Waals surface area contributed by atoms with Crippen LogP contribution in [0, 0.1) is 13.8 Å². The Morgan fingerprint density at radius 1 is 1.10 bits per heavy atom. The zero-order chi connectivity index (χ0) is 20.9. The number of hydrogen-bond acceptors (Lipinski definition) is 4. The Morgan fingerprint density at radius 3 is 2.57 bits per heavy atom. The lowest BCUT2D eigenvalue weighted by molar-refractivity contribution is 0.0953. The fourth-order valence-corrected chi connectivity index (χ4v) is 3.16. The van der Waals surface area contributed by atoms with Crippen molar-refractivity contribution in [3.05, 3.63) is 101 Å². The van der Waals surface area contributed by atoms with Crippen LogP contribution in [-0.4, -0.2) is 21.9 Å². The monoisotopic (exact) mass is 398 g/mol. The van der Waals surface area contributed by atoms with Crippen LogP contribution in [0.2, 0.25) is 0 Å². The fourth-order valence-electron chi connectivity index (χ4n) is 3.16. The molecule has 0 bridgehead atoms. The molecule has 0 aliphatic carbocycles. The van der Waals surface area contributed by atoms with Crippen molar-refractivity contribution in [1.29, 1.82) is 0 Å². The van der Waals surface area contributed by atoms with Crippen LogP contribution in [0.4, 0.5) is 0 Å². The van der Waals surface area contributed by atoms with E-state index < -0.39 is 0 Å². The van der Waals surface area contributed by atoms with Gasteiger partial charge in [-0.25, -0.2) is 5.43 Å². The lowest BCUT2D eigenvalue weighted by Gasteiger charge is -2.02. The Kier molecular flexibility index (Phi) is 5.57. The van der Waals surface area contributed by atoms with Crippen molar-refractivity contribution >= 4 is 12.1 Å². The van der Waals surface area contributed by atoms with Gasteiger partial charge < -0.3 is 4.42 Å². The molecule has 0 aliphatic rings. The van der Waals surface area contributed by atoms with Crippen LogP contribution in [0.5, 0.6) is 0 Å². The lowest BCUT2D eigenvalue weighted by atomic mass is 10.1. The second-order valence-corrected chi connectivity index (χ2v) is 7.07. The molecule has 0 radical (unpaired) electrons. The standard InChI is InChI=1S/C24H22N4O2/c1-17-8-10-20(11-9-17)23-21(14-25-26-24(29)22-12-13-30-18(22)2)16-28(27-23)15-19-6-4-3-5-7-19/h3-14,16H,15H2,1-2H3,(H,26,29)/b25-14-. The number of carbonyl (C=O) groups excluding carboxylic acids is 1. The number of furan rings is 1. The molecule has 0 unspecified atom stereocenters. The molecule has 150 valence electrons. The summed E-state index contributed by atoms with van der Waals surface area (Å²) in [4.78, 5) is 12.2. The molecule has 6 nitrogen and oxygen atoms in total. The van der Waals surface area contributed by atoms with Gasteiger partial charge in [0.05, 0.1) is 24.6 Å². The van der Waals surface area contributed by atoms with Crippen molar-refractivity contribution in [2.45, 2.75) is 20.4 Å². The number of amides is 1. The van der Waals surface area contributed by atoms with Crippen molar-refractivity contribution < 1.29 is 9.21 Å². The molecule has 2 aromatic carbocycles. The highest BCUT2D eigenvalue weighted by Gasteiger charge is 2.12. The minimum atomic E-state index is -0.314. The van der Waals surface area contributed by atoms with Crippen molar-refractivity contribution in [3.63, 3.8) is 0 Å². The van der Waals surface area contributed by atoms with E-state index in [1.807, 2.05) is 48.1 Å². The van der Waals surface area contributed by atoms with E-state index in [1.54, 1.807) is 19.2 Å². The number of benzene rings is 2. The molecular formula is C24H22N4O2. The van der Waals surface area contributed by atoms with E-state index >= 15 is 0 Å². The number of aromatic nitrogens is 2. The Labute approximate surface area is 174 Å². The summed E-state index contributed by atoms with van der Waals surface area (Å²) >= 11 is 0. The number of hydrogen-bond donors (Lipinski definition) is 1. The second-order valence-electron chi connectivity index (χ2n) is 7.07. The van der Waals surface area contributed by atoms with Crippen LogP contribution in [0.1, 0.15) is 32.8 Å². The van der Waals surface area contributed by atoms with Gasteiger partial charge in [0.2, 0.25) is 0 Å². The molecule has 0 spiro atoms. The average molecular weight is 398 g/mol. The molecule has 1 amide bonds. The lowest BCUT2D eigenvalue weighted by Crippen LogP contribution is -2.17. The Hall–Kier alpha value is -3.93. The van der Waals surface area contributed by atoms with Gasteiger partial charge in [0.1, 0.15) is 11.5 Å². The summed E-state index contributed by atoms with van der Waals surface area (Å²) in [7, 11) is 0. The first kappa shape index (κ1) is 19.4. The molecule has 0 fully saturated rings. The molecule has 0 atom stereocenters. The summed E-state index contributed by atoms with van der Waals surface area (Å²) in [6.45, 7) is 4.43. The zero-order valence-corrected chi connectivity index (χ0v) is 16.9. The molecular weight excluding hydrogens is 376 g/mol. The summed E-state index contributed by atoms with van der Waals surface area (Å²) in [6.07, 6.45) is 5.04. The van der Waals surface area contributed by atoms with E-state index in [0.29, 0.717) is 17.9 Å². The second kappa shape index (κ2) is 8.61. The highest BCUT2D eigenvalue weighted by Crippen LogP contribution is 2.22. The number of rotatable bonds is 6. The van der Waals surface area contributed by atoms with Gasteiger partial charge in [0, 0.05) is 17.3 Å². The molecule has 6 heteroatoms. The highest BCUT2D eigenvalue weighted by atomic mass is 16.3. The minimum Gasteiger partial charge on any atom is -0.469 e. The summed E-state index contributed by atoms with van der Waals surface area (Å²) in [5.74, 6) is 0.241. The van der Waals surface area contributed by atoms with E-state index in [2.05, 4.69) is 34.8 Å². The summed E-state index contributed by atoms with van der Waals surface area (Å²) in [5.41, 5.74) is 7.97. The van der Waals surface area contributed by atoms with Gasteiger partial charge in [-0.15, -0.1) is 0 Å². The van der Waals surface area contributed by atoms with Crippen molar-refractivity contribution in [1.82, 2.24) is 15.2 Å². The Morgan fingerprint density at radius 2 is 1.87 bits per heavy atom. The van der Waals surface area contributed by atoms with Gasteiger partial charge in [0.15, 0.2) is 0 Å². The third-order valence-electron chi connectivity index (χ3n) is 4.78. The molecule has 4 aromatic rings. The normalized spacial score (nSPS) is 11.1. The SMILES string of the molecule is Cc1ccc(-c2nn(Cc3ccccc3)cc2/C=N\NC(=O)c2ccoc2C)cc1. The predicted molar refractivity (Wildman–Crippen MR) is 116 cm³/mol. The molecule has 0 aliphatic heterocycles. The molecule has 2 heterocycles. The first-order chi connectivity index (χ1) is 14.6. The molecule has 0 saturated carbocycles. The number of aryl methyl sites for hydroxylation is 2. The van der Waals surface area contributed by atoms with Gasteiger partial charge in [0.25, 0.3) is 5.91 Å². The van der Waals surface area contributed by atoms with Gasteiger partial charge in [-0.3, -0.25) is 9.48 Å². The maximum Gasteiger partial charge on any atom is 0.274 e. The maximum atomic E-state index is 12.2. The van der Waals surface area contributed by atoms with Gasteiger partial charge >= 0.3 is 0 Å². The van der Waals surface area contributed by atoms with Crippen LogP contribution in [-0.2, 0) is 6.54 Å².